The Morgan fingerprint density at radius 2 is 1.35 bits per heavy atom. The second kappa shape index (κ2) is 19.9. The highest BCUT2D eigenvalue weighted by Crippen LogP contribution is 2.69. The average Bonchev–Trinajstić information content (AvgIpc) is 3.46. The minimum atomic E-state index is -0.371. The summed E-state index contributed by atoms with van der Waals surface area (Å²) in [5.41, 5.74) is 16.7. The van der Waals surface area contributed by atoms with Crippen molar-refractivity contribution in [2.24, 2.45) is 63.5 Å². The first-order valence-corrected chi connectivity index (χ1v) is 20.8. The molecule has 298 valence electrons. The van der Waals surface area contributed by atoms with Gasteiger partial charge in [0, 0.05) is 37.4 Å². The second-order valence-corrected chi connectivity index (χ2v) is 17.0. The van der Waals surface area contributed by atoms with Gasteiger partial charge < -0.3 is 36.1 Å². The molecule has 0 aromatic carbocycles. The minimum absolute atomic E-state index is 0.0910. The van der Waals surface area contributed by atoms with Gasteiger partial charge >= 0.3 is 23.9 Å². The van der Waals surface area contributed by atoms with Gasteiger partial charge in [-0.2, -0.15) is 0 Å². The van der Waals surface area contributed by atoms with Crippen LogP contribution in [0.1, 0.15) is 143 Å². The van der Waals surface area contributed by atoms with E-state index in [-0.39, 0.29) is 127 Å². The molecular formula is C41H71N3O8. The Hall–Kier alpha value is -2.24. The second-order valence-electron chi connectivity index (χ2n) is 17.0. The van der Waals surface area contributed by atoms with Gasteiger partial charge in [0.2, 0.25) is 0 Å². The number of carbonyl (C=O) groups excluding carboxylic acids is 4. The van der Waals surface area contributed by atoms with Crippen LogP contribution >= 0.6 is 0 Å². The van der Waals surface area contributed by atoms with Crippen LogP contribution in [0.4, 0.5) is 0 Å². The smallest absolute Gasteiger partial charge is 0.307 e. The lowest BCUT2D eigenvalue weighted by Gasteiger charge is -2.64. The topological polar surface area (TPSA) is 183 Å². The van der Waals surface area contributed by atoms with Crippen LogP contribution in [0, 0.1) is 46.3 Å². The average molecular weight is 734 g/mol. The summed E-state index contributed by atoms with van der Waals surface area (Å²) in [6, 6.07) is 0. The summed E-state index contributed by atoms with van der Waals surface area (Å²) in [6.07, 6.45) is 13.2. The van der Waals surface area contributed by atoms with Crippen LogP contribution in [0.25, 0.3) is 0 Å². The van der Waals surface area contributed by atoms with E-state index in [1.54, 1.807) is 0 Å². The third-order valence-corrected chi connectivity index (χ3v) is 13.9. The Kier molecular flexibility index (Phi) is 16.3. The molecular weight excluding hydrogens is 662 g/mol. The zero-order valence-corrected chi connectivity index (χ0v) is 32.8. The quantitative estimate of drug-likeness (QED) is 0.0762. The molecule has 4 rings (SSSR count). The third-order valence-electron chi connectivity index (χ3n) is 13.9. The fraction of sp³-hybridized carbons (Fsp3) is 0.902. The summed E-state index contributed by atoms with van der Waals surface area (Å²) in [4.78, 5) is 51.6. The number of esters is 4. The predicted molar refractivity (Wildman–Crippen MR) is 199 cm³/mol. The van der Waals surface area contributed by atoms with Gasteiger partial charge in [-0.05, 0) is 92.8 Å². The highest BCUT2D eigenvalue weighted by Gasteiger charge is 2.67. The lowest BCUT2D eigenvalue weighted by molar-refractivity contribution is -0.225. The van der Waals surface area contributed by atoms with Crippen LogP contribution in [0.5, 0.6) is 0 Å². The van der Waals surface area contributed by atoms with Gasteiger partial charge in [0.05, 0.1) is 25.9 Å². The van der Waals surface area contributed by atoms with Crippen LogP contribution in [0.3, 0.4) is 0 Å². The fourth-order valence-electron chi connectivity index (χ4n) is 11.2. The molecule has 4 aliphatic rings. The van der Waals surface area contributed by atoms with Gasteiger partial charge in [0.15, 0.2) is 0 Å². The molecule has 0 radical (unpaired) electrons. The highest BCUT2D eigenvalue weighted by molar-refractivity contribution is 5.71. The molecule has 0 amide bonds. The predicted octanol–water partition coefficient (Wildman–Crippen LogP) is 5.97. The summed E-state index contributed by atoms with van der Waals surface area (Å²) < 4.78 is 24.3. The maximum absolute atomic E-state index is 13.2. The first-order valence-electron chi connectivity index (χ1n) is 20.8. The SMILES string of the molecule is CCCCCCCCOC(=O)CCC(C)C1CC[C@H]2C3[C@H](OC(=O)CCN)CC4C[C@H](OC(=O)CCN)CC[C@]4(C)[C@H]3C[C@H](OC(=O)CCN)[C@]12C. The summed E-state index contributed by atoms with van der Waals surface area (Å²) >= 11 is 0. The van der Waals surface area contributed by atoms with Crippen molar-refractivity contribution in [3.63, 3.8) is 0 Å². The maximum atomic E-state index is 13.2. The van der Waals surface area contributed by atoms with E-state index >= 15 is 0 Å². The number of rotatable bonds is 20. The molecule has 0 saturated heterocycles. The molecule has 0 aromatic rings. The summed E-state index contributed by atoms with van der Waals surface area (Å²) in [7, 11) is 0. The Labute approximate surface area is 312 Å². The van der Waals surface area contributed by atoms with Gasteiger partial charge in [0.25, 0.3) is 0 Å². The molecule has 4 aliphatic carbocycles. The first kappa shape index (κ1) is 42.5. The zero-order valence-electron chi connectivity index (χ0n) is 32.8. The maximum Gasteiger partial charge on any atom is 0.307 e. The number of hydrogen-bond donors (Lipinski definition) is 3. The lowest BCUT2D eigenvalue weighted by atomic mass is 9.43. The highest BCUT2D eigenvalue weighted by atomic mass is 16.6. The first-order chi connectivity index (χ1) is 24.9. The molecule has 6 N–H and O–H groups in total. The van der Waals surface area contributed by atoms with E-state index in [0.717, 1.165) is 38.5 Å². The molecule has 0 spiro atoms. The van der Waals surface area contributed by atoms with Gasteiger partial charge in [-0.25, -0.2) is 0 Å². The molecule has 4 unspecified atom stereocenters. The van der Waals surface area contributed by atoms with E-state index in [0.29, 0.717) is 38.7 Å². The number of nitrogens with two attached hydrogens (primary N) is 3. The van der Waals surface area contributed by atoms with Crippen molar-refractivity contribution in [3.8, 4) is 0 Å². The summed E-state index contributed by atoms with van der Waals surface area (Å²) in [5, 5.41) is 0. The third kappa shape index (κ3) is 10.1. The van der Waals surface area contributed by atoms with Crippen molar-refractivity contribution >= 4 is 23.9 Å². The molecule has 4 fully saturated rings. The largest absolute Gasteiger partial charge is 0.466 e. The van der Waals surface area contributed by atoms with Crippen molar-refractivity contribution in [2.45, 2.75) is 162 Å². The van der Waals surface area contributed by atoms with Crippen LogP contribution < -0.4 is 17.2 Å². The molecule has 0 heterocycles. The monoisotopic (exact) mass is 734 g/mol. The van der Waals surface area contributed by atoms with E-state index < -0.39 is 0 Å². The van der Waals surface area contributed by atoms with Crippen molar-refractivity contribution in [3.05, 3.63) is 0 Å². The standard InChI is InChI=1S/C41H71N3O8/c1-5-6-7-8-9-10-23-49-35(45)14-11-27(2)30-12-13-31-39-32(26-34(41(30,31)4)52-38(48)18-22-44)40(3)19-15-29(50-36(46)16-20-42)24-28(40)25-33(39)51-37(47)17-21-43/h27-34,39H,5-26,42-44H2,1-4H3/t27?,28?,29-,30?,31+,32+,33-,34+,39?,40+,41-/m1/s1. The molecule has 52 heavy (non-hydrogen) atoms. The van der Waals surface area contributed by atoms with Crippen molar-refractivity contribution in [2.75, 3.05) is 26.2 Å². The van der Waals surface area contributed by atoms with E-state index in [2.05, 4.69) is 27.7 Å². The number of carbonyl (C=O) groups is 4. The number of hydrogen-bond acceptors (Lipinski definition) is 11. The van der Waals surface area contributed by atoms with E-state index in [1.165, 1.54) is 25.7 Å². The Morgan fingerprint density at radius 3 is 2.02 bits per heavy atom. The Bertz CT molecular complexity index is 1180. The van der Waals surface area contributed by atoms with E-state index in [1.807, 2.05) is 0 Å². The number of fused-ring (bicyclic) bond motifs is 5. The van der Waals surface area contributed by atoms with Crippen molar-refractivity contribution in [1.82, 2.24) is 0 Å². The number of unbranched alkanes of at least 4 members (excludes halogenated alkanes) is 5. The van der Waals surface area contributed by atoms with Crippen LogP contribution in [0.2, 0.25) is 0 Å². The minimum Gasteiger partial charge on any atom is -0.466 e. The van der Waals surface area contributed by atoms with Gasteiger partial charge in [-0.3, -0.25) is 19.2 Å². The van der Waals surface area contributed by atoms with Crippen LogP contribution in [0.15, 0.2) is 0 Å². The summed E-state index contributed by atoms with van der Waals surface area (Å²) in [6.45, 7) is 10.3. The summed E-state index contributed by atoms with van der Waals surface area (Å²) in [5.74, 6) is -0.00360. The number of ether oxygens (including phenoxy) is 4. The molecule has 11 heteroatoms. The zero-order chi connectivity index (χ0) is 37.9. The molecule has 4 saturated carbocycles. The van der Waals surface area contributed by atoms with Crippen molar-refractivity contribution in [1.29, 1.82) is 0 Å². The van der Waals surface area contributed by atoms with Gasteiger partial charge in [0.1, 0.15) is 18.3 Å². The van der Waals surface area contributed by atoms with Gasteiger partial charge in [-0.15, -0.1) is 0 Å². The lowest BCUT2D eigenvalue weighted by Crippen LogP contribution is -2.63. The molecule has 11 nitrogen and oxygen atoms in total. The van der Waals surface area contributed by atoms with E-state index in [4.69, 9.17) is 36.1 Å². The van der Waals surface area contributed by atoms with Crippen LogP contribution in [-0.2, 0) is 38.1 Å². The van der Waals surface area contributed by atoms with Gasteiger partial charge in [-0.1, -0.05) is 59.8 Å². The van der Waals surface area contributed by atoms with Crippen LogP contribution in [-0.4, -0.2) is 68.4 Å². The Balaban J connectivity index is 1.56. The van der Waals surface area contributed by atoms with Crippen molar-refractivity contribution < 1.29 is 38.1 Å². The fourth-order valence-corrected chi connectivity index (χ4v) is 11.2. The molecule has 11 atom stereocenters. The van der Waals surface area contributed by atoms with E-state index in [9.17, 15) is 19.2 Å². The Morgan fingerprint density at radius 1 is 0.712 bits per heavy atom. The molecule has 0 bridgehead atoms. The normalized spacial score (nSPS) is 34.3. The molecule has 0 aliphatic heterocycles. The molecule has 0 aromatic heterocycles.